The molecule has 19 heavy (non-hydrogen) atoms. The highest BCUT2D eigenvalue weighted by molar-refractivity contribution is 7.84. The summed E-state index contributed by atoms with van der Waals surface area (Å²) in [5, 5.41) is 3.83. The first kappa shape index (κ1) is 15.5. The van der Waals surface area contributed by atoms with Gasteiger partial charge in [0.05, 0.1) is 0 Å². The largest absolute Gasteiger partial charge is 0.308 e. The van der Waals surface area contributed by atoms with Gasteiger partial charge in [0.15, 0.2) is 0 Å². The topological polar surface area (TPSA) is 32.3 Å². The predicted molar refractivity (Wildman–Crippen MR) is 83.0 cm³/mol. The van der Waals surface area contributed by atoms with Crippen molar-refractivity contribution in [3.8, 4) is 0 Å². The fourth-order valence-corrected chi connectivity index (χ4v) is 4.37. The number of hydrogen-bond donors (Lipinski definition) is 1. The molecule has 3 unspecified atom stereocenters. The van der Waals surface area contributed by atoms with E-state index in [4.69, 9.17) is 0 Å². The number of hydrogen-bond acceptors (Lipinski definition) is 3. The van der Waals surface area contributed by atoms with Gasteiger partial charge in [0, 0.05) is 53.5 Å². The second kappa shape index (κ2) is 6.68. The summed E-state index contributed by atoms with van der Waals surface area (Å²) in [5.74, 6) is 0.838. The zero-order valence-corrected chi connectivity index (χ0v) is 13.6. The van der Waals surface area contributed by atoms with E-state index < -0.39 is 10.8 Å². The van der Waals surface area contributed by atoms with Crippen LogP contribution in [0, 0.1) is 0 Å². The quantitative estimate of drug-likeness (QED) is 0.859. The van der Waals surface area contributed by atoms with Gasteiger partial charge >= 0.3 is 0 Å². The molecule has 0 bridgehead atoms. The van der Waals surface area contributed by atoms with Crippen molar-refractivity contribution in [1.29, 1.82) is 0 Å². The summed E-state index contributed by atoms with van der Waals surface area (Å²) in [6.45, 7) is 6.93. The number of nitrogens with zero attached hydrogens (tertiary/aromatic N) is 1. The zero-order valence-electron chi connectivity index (χ0n) is 12.8. The molecule has 1 heterocycles. The summed E-state index contributed by atoms with van der Waals surface area (Å²) in [6.07, 6.45) is 9.71. The standard InChI is InChI=1S/C15H30N2OS/c1-13(7-10-19(3)18)17-12-15(16-11-14(17)2)8-5-4-6-9-15/h13-14,16H,4-12H2,1-3H3. The van der Waals surface area contributed by atoms with Gasteiger partial charge in [0.25, 0.3) is 0 Å². The van der Waals surface area contributed by atoms with Gasteiger partial charge < -0.3 is 5.32 Å². The van der Waals surface area contributed by atoms with E-state index in [-0.39, 0.29) is 0 Å². The second-order valence-electron chi connectivity index (χ2n) is 6.66. The van der Waals surface area contributed by atoms with Gasteiger partial charge in [-0.2, -0.15) is 0 Å². The molecule has 2 aliphatic rings. The van der Waals surface area contributed by atoms with Crippen LogP contribution in [-0.4, -0.2) is 51.8 Å². The van der Waals surface area contributed by atoms with Crippen molar-refractivity contribution in [2.75, 3.05) is 25.1 Å². The maximum Gasteiger partial charge on any atom is 0.0309 e. The third kappa shape index (κ3) is 4.02. The number of rotatable bonds is 4. The molecule has 0 aromatic heterocycles. The molecule has 0 aromatic rings. The van der Waals surface area contributed by atoms with Crippen molar-refractivity contribution < 1.29 is 4.21 Å². The Balaban J connectivity index is 1.95. The Morgan fingerprint density at radius 1 is 1.37 bits per heavy atom. The summed E-state index contributed by atoms with van der Waals surface area (Å²) in [4.78, 5) is 2.66. The molecule has 0 radical (unpaired) electrons. The highest BCUT2D eigenvalue weighted by atomic mass is 32.2. The van der Waals surface area contributed by atoms with Crippen LogP contribution in [0.25, 0.3) is 0 Å². The molecule has 1 spiro atoms. The third-order valence-electron chi connectivity index (χ3n) is 5.02. The van der Waals surface area contributed by atoms with Crippen LogP contribution >= 0.6 is 0 Å². The fraction of sp³-hybridized carbons (Fsp3) is 1.00. The zero-order chi connectivity index (χ0) is 13.9. The van der Waals surface area contributed by atoms with E-state index in [2.05, 4.69) is 24.1 Å². The van der Waals surface area contributed by atoms with Crippen LogP contribution in [0.4, 0.5) is 0 Å². The fourth-order valence-electron chi connectivity index (χ4n) is 3.70. The molecule has 112 valence electrons. The molecule has 2 fully saturated rings. The monoisotopic (exact) mass is 286 g/mol. The second-order valence-corrected chi connectivity index (χ2v) is 8.21. The molecule has 1 saturated heterocycles. The van der Waals surface area contributed by atoms with Crippen molar-refractivity contribution in [3.63, 3.8) is 0 Å². The van der Waals surface area contributed by atoms with E-state index in [1.807, 2.05) is 6.26 Å². The maximum absolute atomic E-state index is 11.3. The Morgan fingerprint density at radius 3 is 2.68 bits per heavy atom. The Kier molecular flexibility index (Phi) is 5.44. The molecule has 0 amide bonds. The smallest absolute Gasteiger partial charge is 0.0309 e. The van der Waals surface area contributed by atoms with Gasteiger partial charge in [-0.1, -0.05) is 19.3 Å². The highest BCUT2D eigenvalue weighted by Crippen LogP contribution is 2.32. The molecular weight excluding hydrogens is 256 g/mol. The van der Waals surface area contributed by atoms with Crippen LogP contribution in [0.3, 0.4) is 0 Å². The van der Waals surface area contributed by atoms with Gasteiger partial charge in [-0.3, -0.25) is 9.11 Å². The number of nitrogens with one attached hydrogen (secondary N) is 1. The normalized spacial score (nSPS) is 31.2. The van der Waals surface area contributed by atoms with E-state index in [1.165, 1.54) is 38.6 Å². The number of piperazine rings is 1. The summed E-state index contributed by atoms with van der Waals surface area (Å²) in [6, 6.07) is 1.16. The van der Waals surface area contributed by atoms with E-state index in [1.54, 1.807) is 0 Å². The van der Waals surface area contributed by atoms with E-state index in [0.29, 0.717) is 17.6 Å². The lowest BCUT2D eigenvalue weighted by atomic mass is 9.79. The molecule has 1 N–H and O–H groups in total. The maximum atomic E-state index is 11.3. The molecule has 3 nitrogen and oxygen atoms in total. The van der Waals surface area contributed by atoms with Crippen LogP contribution in [-0.2, 0) is 10.8 Å². The minimum Gasteiger partial charge on any atom is -0.308 e. The molecule has 1 aliphatic carbocycles. The van der Waals surface area contributed by atoms with Gasteiger partial charge in [0.2, 0.25) is 0 Å². The average Bonchev–Trinajstić information content (AvgIpc) is 2.40. The Bertz CT molecular complexity index is 315. The first-order chi connectivity index (χ1) is 9.02. The van der Waals surface area contributed by atoms with Gasteiger partial charge in [-0.15, -0.1) is 0 Å². The van der Waals surface area contributed by atoms with Crippen LogP contribution in [0.5, 0.6) is 0 Å². The third-order valence-corrected chi connectivity index (χ3v) is 5.83. The minimum absolute atomic E-state index is 0.379. The minimum atomic E-state index is -0.657. The molecule has 4 heteroatoms. The summed E-state index contributed by atoms with van der Waals surface area (Å²) >= 11 is 0. The van der Waals surface area contributed by atoms with E-state index in [9.17, 15) is 4.21 Å². The molecule has 1 saturated carbocycles. The first-order valence-corrected chi connectivity index (χ1v) is 9.56. The Labute approximate surface area is 121 Å². The van der Waals surface area contributed by atoms with Gasteiger partial charge in [-0.05, 0) is 33.1 Å². The molecule has 0 aromatic carbocycles. The average molecular weight is 286 g/mol. The molecular formula is C15H30N2OS. The lowest BCUT2D eigenvalue weighted by Crippen LogP contribution is -2.65. The predicted octanol–water partition coefficient (Wildman–Crippen LogP) is 2.14. The van der Waals surface area contributed by atoms with Crippen LogP contribution in [0.2, 0.25) is 0 Å². The molecule has 2 rings (SSSR count). The lowest BCUT2D eigenvalue weighted by Gasteiger charge is -2.51. The Morgan fingerprint density at radius 2 is 2.05 bits per heavy atom. The molecule has 1 aliphatic heterocycles. The van der Waals surface area contributed by atoms with E-state index >= 15 is 0 Å². The Hall–Kier alpha value is 0.0700. The molecule has 3 atom stereocenters. The van der Waals surface area contributed by atoms with Gasteiger partial charge in [0.1, 0.15) is 0 Å². The van der Waals surface area contributed by atoms with Crippen molar-refractivity contribution in [2.45, 2.75) is 70.0 Å². The van der Waals surface area contributed by atoms with Crippen molar-refractivity contribution in [1.82, 2.24) is 10.2 Å². The van der Waals surface area contributed by atoms with Crippen LogP contribution < -0.4 is 5.32 Å². The summed E-state index contributed by atoms with van der Waals surface area (Å²) < 4.78 is 11.3. The SMILES string of the molecule is CC(CCS(C)=O)N1CC2(CCCCC2)NCC1C. The summed E-state index contributed by atoms with van der Waals surface area (Å²) in [5.41, 5.74) is 0.379. The van der Waals surface area contributed by atoms with Gasteiger partial charge in [-0.25, -0.2) is 0 Å². The van der Waals surface area contributed by atoms with Crippen LogP contribution in [0.1, 0.15) is 52.4 Å². The van der Waals surface area contributed by atoms with Crippen LogP contribution in [0.15, 0.2) is 0 Å². The first-order valence-electron chi connectivity index (χ1n) is 7.83. The van der Waals surface area contributed by atoms with Crippen molar-refractivity contribution in [2.24, 2.45) is 0 Å². The lowest BCUT2D eigenvalue weighted by molar-refractivity contribution is 0.0352. The summed E-state index contributed by atoms with van der Waals surface area (Å²) in [7, 11) is -0.657. The van der Waals surface area contributed by atoms with Crippen molar-refractivity contribution >= 4 is 10.8 Å². The van der Waals surface area contributed by atoms with E-state index in [0.717, 1.165) is 18.7 Å². The van der Waals surface area contributed by atoms with Crippen molar-refractivity contribution in [3.05, 3.63) is 0 Å². The highest BCUT2D eigenvalue weighted by Gasteiger charge is 2.39.